The third kappa shape index (κ3) is 60.6. The van der Waals surface area contributed by atoms with Crippen molar-refractivity contribution in [3.63, 3.8) is 0 Å². The van der Waals surface area contributed by atoms with E-state index in [-0.39, 0.29) is 86.9 Å². The molecule has 123 heavy (non-hydrogen) atoms. The van der Waals surface area contributed by atoms with Crippen LogP contribution in [0.3, 0.4) is 0 Å². The Bertz CT molecular complexity index is 2280. The Kier molecular flexibility index (Phi) is 80.8. The van der Waals surface area contributed by atoms with Crippen LogP contribution >= 0.6 is 49.3 Å². The molecule has 0 spiro atoms. The summed E-state index contributed by atoms with van der Waals surface area (Å²) in [4.78, 5) is 24.2. The Morgan fingerprint density at radius 1 is 0.301 bits per heavy atom. The lowest BCUT2D eigenvalue weighted by Gasteiger charge is -2.37. The molecule has 0 saturated carbocycles. The molecular weight excluding hydrogens is 1660 g/mol. The molecule has 0 bridgehead atoms. The van der Waals surface area contributed by atoms with Crippen LogP contribution in [0, 0.1) is 32.5 Å². The summed E-state index contributed by atoms with van der Waals surface area (Å²) in [5, 5.41) is 11.5. The zero-order valence-corrected chi connectivity index (χ0v) is 89.9. The summed E-state index contributed by atoms with van der Waals surface area (Å²) >= 11 is 0. The van der Waals surface area contributed by atoms with Gasteiger partial charge in [-0.2, -0.15) is 0 Å². The Morgan fingerprint density at radius 2 is 0.545 bits per heavy atom. The lowest BCUT2D eigenvalue weighted by atomic mass is 9.75. The van der Waals surface area contributed by atoms with Gasteiger partial charge in [-0.25, -0.2) is 13.5 Å². The number of hydrogen-bond donors (Lipinski definition) is 3. The van der Waals surface area contributed by atoms with Crippen LogP contribution in [0.5, 0.6) is 0 Å². The van der Waals surface area contributed by atoms with Gasteiger partial charge < -0.3 is 43.3 Å². The fourth-order valence-electron chi connectivity index (χ4n) is 18.5. The molecule has 0 aliphatic rings. The summed E-state index contributed by atoms with van der Waals surface area (Å²) < 4.78 is 111. The van der Waals surface area contributed by atoms with E-state index in [1.54, 1.807) is 0 Å². The van der Waals surface area contributed by atoms with E-state index in [0.29, 0.717) is 60.7 Å². The first kappa shape index (κ1) is 125. The molecule has 740 valence electrons. The van der Waals surface area contributed by atoms with Crippen LogP contribution in [-0.4, -0.2) is 161 Å². The number of phosphoric ester groups is 2. The number of aliphatic hydroxyl groups excluding tert-OH is 1. The van der Waals surface area contributed by atoms with E-state index < -0.39 is 55.1 Å². The van der Waals surface area contributed by atoms with Gasteiger partial charge in [0.2, 0.25) is 0 Å². The SMILES string of the molecule is CCCCC(CCCC)(CCCC)COCC(O)COP(=O)(O)OC(COCC(CCCC)(CCCC)CCCC)COP(=O)(O)OC(COCC(CCCC)(CCCC)CCCC)CPC(COCC(CCCC)(CCCC)CCCC)PCP(COCC(CCCC)(CCCC)CCCC)C(COCC(CCCC)(CCCC)CCCC)CPCF. The Morgan fingerprint density at radius 3 is 0.829 bits per heavy atom. The van der Waals surface area contributed by atoms with Crippen LogP contribution in [0.4, 0.5) is 4.39 Å². The van der Waals surface area contributed by atoms with Crippen LogP contribution in [0.25, 0.3) is 0 Å². The van der Waals surface area contributed by atoms with Gasteiger partial charge in [0.15, 0.2) is 0 Å². The van der Waals surface area contributed by atoms with Gasteiger partial charge in [0.25, 0.3) is 0 Å². The molecule has 0 amide bonds. The van der Waals surface area contributed by atoms with Crippen molar-refractivity contribution >= 4 is 49.3 Å². The van der Waals surface area contributed by atoms with Crippen molar-refractivity contribution in [2.45, 2.75) is 501 Å². The second-order valence-corrected chi connectivity index (χ2v) is 49.3. The number of ether oxygens (including phenoxy) is 6. The predicted molar refractivity (Wildman–Crippen MR) is 538 cm³/mol. The molecule has 0 aliphatic heterocycles. The molecule has 11 atom stereocenters. The first-order valence-electron chi connectivity index (χ1n) is 52.3. The summed E-state index contributed by atoms with van der Waals surface area (Å²) in [6.07, 6.45) is 57.8. The number of unbranched alkanes of at least 4 members (excludes halogenated alkanes) is 18. The quantitative estimate of drug-likeness (QED) is 0.0488. The van der Waals surface area contributed by atoms with Gasteiger partial charge in [-0.05, 0) is 166 Å². The van der Waals surface area contributed by atoms with Crippen molar-refractivity contribution < 1.29 is 74.9 Å². The smallest absolute Gasteiger partial charge is 0.388 e. The van der Waals surface area contributed by atoms with Crippen molar-refractivity contribution in [2.24, 2.45) is 32.5 Å². The molecule has 0 aromatic rings. The van der Waals surface area contributed by atoms with Crippen molar-refractivity contribution in [3.8, 4) is 0 Å². The van der Waals surface area contributed by atoms with E-state index in [0.717, 1.165) is 295 Å². The van der Waals surface area contributed by atoms with E-state index in [9.17, 15) is 19.5 Å². The fourth-order valence-corrected chi connectivity index (χ4v) is 29.5. The minimum Gasteiger partial charge on any atom is -0.388 e. The molecule has 0 saturated heterocycles. The number of hydrogen-bond acceptors (Lipinski definition) is 13. The van der Waals surface area contributed by atoms with Crippen LogP contribution in [-0.2, 0) is 55.6 Å². The van der Waals surface area contributed by atoms with Gasteiger partial charge in [0.05, 0.1) is 98.3 Å². The van der Waals surface area contributed by atoms with E-state index in [4.69, 9.17) is 46.5 Å². The Hall–Kier alpha value is 1.59. The van der Waals surface area contributed by atoms with E-state index in [2.05, 4.69) is 125 Å². The molecule has 0 aliphatic carbocycles. The van der Waals surface area contributed by atoms with Crippen molar-refractivity contribution in [2.75, 3.05) is 117 Å². The summed E-state index contributed by atoms with van der Waals surface area (Å²) in [6, 6.07) is 0. The molecular formula is C101H209FO15P6. The number of alkyl halides is 1. The normalized spacial score (nSPS) is 15.7. The monoisotopic (exact) mass is 1870 g/mol. The highest BCUT2D eigenvalue weighted by molar-refractivity contribution is 7.72. The van der Waals surface area contributed by atoms with Gasteiger partial charge in [0.1, 0.15) is 18.6 Å². The zero-order valence-electron chi connectivity index (χ0n) is 84.3. The number of halogens is 1. The standard InChI is InChI=1S/C101H209FO15P6/c1-19-37-55-96(56-38-20-2,57-39-21-3)82-108-73-91(103)74-114-122(104,105)116-92(75-109-83-97(58-40-22-4,59-41-23-5)60-42-24-6)77-115-123(106,107)117-93(76-110-84-98(61-43-25-7,62-44-26-8)63-45-27-9)80-119-95(79-112-86-100(67-49-31-13,68-50-32-14)69-51-33-15)120-90-121(89-113-87-101(70-52-34-16,71-53-35-17)72-54-36-18)94(81-118-88-102)78-111-85-99(64-46-28-10,65-47-29-11)66-48-30-12/h91-95,103,118-120H,19-90H2,1-18H3,(H,104,105)(H,106,107). The summed E-state index contributed by atoms with van der Waals surface area (Å²) in [5.41, 5.74) is 0.260. The van der Waals surface area contributed by atoms with Crippen LogP contribution < -0.4 is 0 Å². The Balaban J connectivity index is 8.69. The summed E-state index contributed by atoms with van der Waals surface area (Å²) in [5.74, 6) is 0.925. The van der Waals surface area contributed by atoms with Crippen molar-refractivity contribution in [1.82, 2.24) is 0 Å². The maximum Gasteiger partial charge on any atom is 0.472 e. The first-order valence-corrected chi connectivity index (χ1v) is 61.1. The van der Waals surface area contributed by atoms with E-state index in [1.165, 1.54) is 77.0 Å². The number of aliphatic hydroxyl groups is 1. The highest BCUT2D eigenvalue weighted by Crippen LogP contribution is 2.55. The third-order valence-electron chi connectivity index (χ3n) is 26.9. The fraction of sp³-hybridized carbons (Fsp3) is 1.00. The minimum absolute atomic E-state index is 0.00850. The van der Waals surface area contributed by atoms with Gasteiger partial charge in [-0.1, -0.05) is 372 Å². The minimum atomic E-state index is -5.04. The highest BCUT2D eigenvalue weighted by atomic mass is 31.2. The molecule has 0 rings (SSSR count). The largest absolute Gasteiger partial charge is 0.472 e. The maximum absolute atomic E-state index is 15.3. The zero-order chi connectivity index (χ0) is 91.6. The van der Waals surface area contributed by atoms with Gasteiger partial charge >= 0.3 is 15.6 Å². The highest BCUT2D eigenvalue weighted by Gasteiger charge is 2.40. The van der Waals surface area contributed by atoms with Gasteiger partial charge in [0, 0.05) is 11.1 Å². The topological polar surface area (TPSA) is 187 Å². The molecule has 0 aromatic heterocycles. The number of phosphoric acid groups is 2. The molecule has 0 aromatic carbocycles. The van der Waals surface area contributed by atoms with Crippen molar-refractivity contribution in [3.05, 3.63) is 0 Å². The van der Waals surface area contributed by atoms with E-state index >= 15 is 8.96 Å². The van der Waals surface area contributed by atoms with E-state index in [1.807, 2.05) is 0 Å². The Labute approximate surface area is 769 Å². The van der Waals surface area contributed by atoms with Gasteiger partial charge in [-0.3, -0.25) is 18.1 Å². The summed E-state index contributed by atoms with van der Waals surface area (Å²) in [6.45, 7) is 44.2. The average molecular weight is 1870 g/mol. The molecule has 15 nitrogen and oxygen atoms in total. The average Bonchev–Trinajstić information content (AvgIpc) is 0.858. The predicted octanol–water partition coefficient (Wildman–Crippen LogP) is 32.8. The van der Waals surface area contributed by atoms with Crippen LogP contribution in [0.15, 0.2) is 0 Å². The third-order valence-corrected chi connectivity index (χ3v) is 37.7. The summed E-state index contributed by atoms with van der Waals surface area (Å²) in [7, 11) is -9.98. The van der Waals surface area contributed by atoms with Crippen LogP contribution in [0.1, 0.15) is 471 Å². The first-order chi connectivity index (χ1) is 59.4. The molecule has 0 fully saturated rings. The molecule has 0 heterocycles. The number of rotatable bonds is 98. The van der Waals surface area contributed by atoms with Crippen LogP contribution in [0.2, 0.25) is 0 Å². The second-order valence-electron chi connectivity index (χ2n) is 38.7. The molecule has 0 radical (unpaired) electrons. The second kappa shape index (κ2) is 79.8. The van der Waals surface area contributed by atoms with Gasteiger partial charge in [-0.15, -0.1) is 17.2 Å². The lowest BCUT2D eigenvalue weighted by molar-refractivity contribution is -0.0507. The molecule has 3 N–H and O–H groups in total. The molecule has 22 heteroatoms. The maximum atomic E-state index is 15.3. The van der Waals surface area contributed by atoms with Crippen molar-refractivity contribution in [1.29, 1.82) is 0 Å². The lowest BCUT2D eigenvalue weighted by Crippen LogP contribution is -2.33. The molecule has 11 unspecified atom stereocenters.